The van der Waals surface area contributed by atoms with Gasteiger partial charge >= 0.3 is 0 Å². The highest BCUT2D eigenvalue weighted by atomic mass is 32.2. The molecule has 0 saturated carbocycles. The molecular weight excluding hydrogens is 342 g/mol. The Kier molecular flexibility index (Phi) is 4.34. The number of nitrogens with two attached hydrogens (primary N) is 1. The standard InChI is InChI=1S/C16H15N5O3S/c1-11-2-6-13(7-3-11)21-10-18-15(20-21)16(22)19-12-4-8-14(9-5-12)25(17,23)24/h2-10H,1H3,(H,19,22)(H2,17,23,24). The maximum Gasteiger partial charge on any atom is 0.295 e. The summed E-state index contributed by atoms with van der Waals surface area (Å²) in [6.45, 7) is 1.98. The summed E-state index contributed by atoms with van der Waals surface area (Å²) in [7, 11) is -3.77. The van der Waals surface area contributed by atoms with Gasteiger partial charge < -0.3 is 5.32 Å². The highest BCUT2D eigenvalue weighted by Gasteiger charge is 2.13. The predicted octanol–water partition coefficient (Wildman–Crippen LogP) is 1.48. The fourth-order valence-electron chi connectivity index (χ4n) is 2.10. The minimum atomic E-state index is -3.77. The first kappa shape index (κ1) is 16.8. The van der Waals surface area contributed by atoms with Crippen molar-refractivity contribution in [1.29, 1.82) is 0 Å². The number of hydrogen-bond donors (Lipinski definition) is 2. The number of anilines is 1. The number of nitrogens with zero attached hydrogens (tertiary/aromatic N) is 3. The molecule has 1 heterocycles. The maximum absolute atomic E-state index is 12.2. The van der Waals surface area contributed by atoms with Gasteiger partial charge in [-0.1, -0.05) is 17.7 Å². The van der Waals surface area contributed by atoms with Crippen molar-refractivity contribution in [3.8, 4) is 5.69 Å². The van der Waals surface area contributed by atoms with Crippen molar-refractivity contribution in [2.24, 2.45) is 5.14 Å². The number of benzene rings is 2. The van der Waals surface area contributed by atoms with Crippen molar-refractivity contribution in [3.63, 3.8) is 0 Å². The SMILES string of the molecule is Cc1ccc(-n2cnc(C(=O)Nc3ccc(S(N)(=O)=O)cc3)n2)cc1. The Labute approximate surface area is 144 Å². The smallest absolute Gasteiger partial charge is 0.295 e. The van der Waals surface area contributed by atoms with Crippen LogP contribution in [0.3, 0.4) is 0 Å². The zero-order valence-electron chi connectivity index (χ0n) is 13.2. The van der Waals surface area contributed by atoms with E-state index in [0.717, 1.165) is 11.3 Å². The van der Waals surface area contributed by atoms with Gasteiger partial charge in [-0.3, -0.25) is 4.79 Å². The molecule has 0 bridgehead atoms. The first-order valence-electron chi connectivity index (χ1n) is 7.26. The molecule has 0 unspecified atom stereocenters. The molecule has 1 aromatic heterocycles. The highest BCUT2D eigenvalue weighted by molar-refractivity contribution is 7.89. The van der Waals surface area contributed by atoms with E-state index in [1.165, 1.54) is 35.3 Å². The monoisotopic (exact) mass is 357 g/mol. The number of aromatic nitrogens is 3. The van der Waals surface area contributed by atoms with Crippen LogP contribution in [0, 0.1) is 6.92 Å². The van der Waals surface area contributed by atoms with E-state index in [0.29, 0.717) is 5.69 Å². The average molecular weight is 357 g/mol. The molecule has 1 amide bonds. The molecule has 0 saturated heterocycles. The van der Waals surface area contributed by atoms with E-state index in [9.17, 15) is 13.2 Å². The lowest BCUT2D eigenvalue weighted by Gasteiger charge is -2.04. The molecule has 3 N–H and O–H groups in total. The molecule has 3 aromatic rings. The fraction of sp³-hybridized carbons (Fsp3) is 0.0625. The molecule has 0 aliphatic carbocycles. The Morgan fingerprint density at radius 1 is 1.08 bits per heavy atom. The quantitative estimate of drug-likeness (QED) is 0.733. The molecule has 0 atom stereocenters. The Morgan fingerprint density at radius 2 is 1.72 bits per heavy atom. The number of rotatable bonds is 4. The zero-order chi connectivity index (χ0) is 18.0. The number of carbonyl (C=O) groups is 1. The summed E-state index contributed by atoms with van der Waals surface area (Å²) in [6.07, 6.45) is 1.45. The van der Waals surface area contributed by atoms with E-state index in [2.05, 4.69) is 15.4 Å². The second kappa shape index (κ2) is 6.46. The van der Waals surface area contributed by atoms with Crippen LogP contribution in [0.1, 0.15) is 16.2 Å². The Bertz CT molecular complexity index is 1010. The van der Waals surface area contributed by atoms with Crippen LogP contribution >= 0.6 is 0 Å². The molecular formula is C16H15N5O3S. The lowest BCUT2D eigenvalue weighted by molar-refractivity contribution is 0.101. The maximum atomic E-state index is 12.2. The number of amides is 1. The zero-order valence-corrected chi connectivity index (χ0v) is 14.1. The van der Waals surface area contributed by atoms with Gasteiger partial charge in [-0.2, -0.15) is 0 Å². The third-order valence-electron chi connectivity index (χ3n) is 3.43. The summed E-state index contributed by atoms with van der Waals surface area (Å²) < 4.78 is 23.9. The van der Waals surface area contributed by atoms with Crippen LogP contribution in [0.25, 0.3) is 5.69 Å². The Balaban J connectivity index is 1.75. The molecule has 25 heavy (non-hydrogen) atoms. The van der Waals surface area contributed by atoms with Crippen LogP contribution < -0.4 is 10.5 Å². The van der Waals surface area contributed by atoms with Crippen molar-refractivity contribution in [2.75, 3.05) is 5.32 Å². The number of hydrogen-bond acceptors (Lipinski definition) is 5. The normalized spacial score (nSPS) is 11.3. The van der Waals surface area contributed by atoms with Gasteiger partial charge in [0.25, 0.3) is 5.91 Å². The summed E-state index contributed by atoms with van der Waals surface area (Å²) >= 11 is 0. The van der Waals surface area contributed by atoms with Gasteiger partial charge in [0.2, 0.25) is 15.8 Å². The minimum Gasteiger partial charge on any atom is -0.319 e. The van der Waals surface area contributed by atoms with E-state index in [1.54, 1.807) is 0 Å². The van der Waals surface area contributed by atoms with E-state index in [1.807, 2.05) is 31.2 Å². The molecule has 3 rings (SSSR count). The molecule has 0 radical (unpaired) electrons. The number of carbonyl (C=O) groups excluding carboxylic acids is 1. The Morgan fingerprint density at radius 3 is 2.32 bits per heavy atom. The van der Waals surface area contributed by atoms with Gasteiger partial charge in [-0.25, -0.2) is 23.2 Å². The van der Waals surface area contributed by atoms with Gasteiger partial charge in [0.05, 0.1) is 10.6 Å². The number of aryl methyl sites for hydroxylation is 1. The number of nitrogens with one attached hydrogen (secondary N) is 1. The highest BCUT2D eigenvalue weighted by Crippen LogP contribution is 2.14. The molecule has 9 heteroatoms. The predicted molar refractivity (Wildman–Crippen MR) is 91.9 cm³/mol. The number of primary sulfonamides is 1. The van der Waals surface area contributed by atoms with E-state index >= 15 is 0 Å². The molecule has 0 aliphatic heterocycles. The van der Waals surface area contributed by atoms with Gasteiger partial charge in [0, 0.05) is 5.69 Å². The van der Waals surface area contributed by atoms with E-state index in [4.69, 9.17) is 5.14 Å². The average Bonchev–Trinajstić information content (AvgIpc) is 3.05. The van der Waals surface area contributed by atoms with E-state index < -0.39 is 15.9 Å². The van der Waals surface area contributed by atoms with Crippen LogP contribution in [-0.2, 0) is 10.0 Å². The van der Waals surface area contributed by atoms with Crippen LogP contribution in [0.5, 0.6) is 0 Å². The lowest BCUT2D eigenvalue weighted by atomic mass is 10.2. The topological polar surface area (TPSA) is 120 Å². The van der Waals surface area contributed by atoms with E-state index in [-0.39, 0.29) is 10.7 Å². The van der Waals surface area contributed by atoms with Crippen LogP contribution in [-0.4, -0.2) is 29.1 Å². The molecule has 128 valence electrons. The third-order valence-corrected chi connectivity index (χ3v) is 4.36. The van der Waals surface area contributed by atoms with Gasteiger partial charge in [0.1, 0.15) is 6.33 Å². The Hall–Kier alpha value is -3.04. The molecule has 8 nitrogen and oxygen atoms in total. The van der Waals surface area contributed by atoms with Crippen molar-refractivity contribution < 1.29 is 13.2 Å². The fourth-order valence-corrected chi connectivity index (χ4v) is 2.62. The first-order chi connectivity index (χ1) is 11.8. The van der Waals surface area contributed by atoms with Gasteiger partial charge in [0.15, 0.2) is 0 Å². The summed E-state index contributed by atoms with van der Waals surface area (Å²) in [5.74, 6) is -0.509. The van der Waals surface area contributed by atoms with Crippen LogP contribution in [0.2, 0.25) is 0 Å². The largest absolute Gasteiger partial charge is 0.319 e. The van der Waals surface area contributed by atoms with Crippen LogP contribution in [0.4, 0.5) is 5.69 Å². The molecule has 0 aliphatic rings. The van der Waals surface area contributed by atoms with Crippen molar-refractivity contribution in [2.45, 2.75) is 11.8 Å². The molecule has 2 aromatic carbocycles. The summed E-state index contributed by atoms with van der Waals surface area (Å²) in [6, 6.07) is 13.1. The van der Waals surface area contributed by atoms with Crippen molar-refractivity contribution in [1.82, 2.24) is 14.8 Å². The second-order valence-electron chi connectivity index (χ2n) is 5.37. The molecule has 0 spiro atoms. The van der Waals surface area contributed by atoms with Crippen LogP contribution in [0.15, 0.2) is 59.8 Å². The summed E-state index contributed by atoms with van der Waals surface area (Å²) in [4.78, 5) is 16.2. The summed E-state index contributed by atoms with van der Waals surface area (Å²) in [5.41, 5.74) is 2.31. The van der Waals surface area contributed by atoms with Crippen molar-refractivity contribution in [3.05, 3.63) is 66.2 Å². The second-order valence-corrected chi connectivity index (χ2v) is 6.93. The molecule has 0 fully saturated rings. The van der Waals surface area contributed by atoms with Gasteiger partial charge in [-0.05, 0) is 43.3 Å². The van der Waals surface area contributed by atoms with Gasteiger partial charge in [-0.15, -0.1) is 5.10 Å². The first-order valence-corrected chi connectivity index (χ1v) is 8.80. The number of sulfonamides is 1. The lowest BCUT2D eigenvalue weighted by Crippen LogP contribution is -2.15. The third kappa shape index (κ3) is 3.90. The summed E-state index contributed by atoms with van der Waals surface area (Å²) in [5, 5.41) is 11.8. The van der Waals surface area contributed by atoms with Crippen molar-refractivity contribution >= 4 is 21.6 Å². The minimum absolute atomic E-state index is 0.00361.